The van der Waals surface area contributed by atoms with Crippen LogP contribution in [0.4, 0.5) is 26.3 Å². The molecule has 0 unspecified atom stereocenters. The van der Waals surface area contributed by atoms with Gasteiger partial charge in [0.2, 0.25) is 5.82 Å². The summed E-state index contributed by atoms with van der Waals surface area (Å²) in [4.78, 5) is 0. The van der Waals surface area contributed by atoms with Gasteiger partial charge >= 0.3 is 12.5 Å². The molecule has 0 aliphatic heterocycles. The smallest absolute Gasteiger partial charge is 0.404 e. The molecule has 4 nitrogen and oxygen atoms in total. The lowest BCUT2D eigenvalue weighted by Gasteiger charge is -2.12. The summed E-state index contributed by atoms with van der Waals surface area (Å²) in [6.45, 7) is 0. The van der Waals surface area contributed by atoms with Gasteiger partial charge in [-0.1, -0.05) is 17.7 Å². The van der Waals surface area contributed by atoms with Crippen molar-refractivity contribution >= 4 is 17.2 Å². The van der Waals surface area contributed by atoms with E-state index in [-0.39, 0.29) is 16.2 Å². The van der Waals surface area contributed by atoms with Crippen LogP contribution in [-0.4, -0.2) is 21.0 Å². The van der Waals surface area contributed by atoms with Gasteiger partial charge in [-0.3, -0.25) is 4.40 Å². The lowest BCUT2D eigenvalue weighted by molar-refractivity contribution is -0.274. The highest BCUT2D eigenvalue weighted by atomic mass is 35.5. The Labute approximate surface area is 140 Å². The molecule has 132 valence electrons. The fourth-order valence-electron chi connectivity index (χ4n) is 2.14. The molecule has 2 aromatic heterocycles. The Morgan fingerprint density at radius 1 is 0.920 bits per heavy atom. The molecule has 3 aromatic rings. The molecule has 0 saturated carbocycles. The van der Waals surface area contributed by atoms with Gasteiger partial charge in [-0.25, -0.2) is 0 Å². The highest BCUT2D eigenvalue weighted by molar-refractivity contribution is 6.32. The van der Waals surface area contributed by atoms with Crippen LogP contribution < -0.4 is 4.74 Å². The zero-order chi connectivity index (χ0) is 18.4. The first-order valence-electron chi connectivity index (χ1n) is 6.52. The van der Waals surface area contributed by atoms with Crippen LogP contribution >= 0.6 is 11.6 Å². The molecular formula is C14H6ClF6N3O. The zero-order valence-corrected chi connectivity index (χ0v) is 12.6. The standard InChI is InChI=1S/C14H6ClF6N3O/c15-9-5-7(1-3-10(9)25-14(19,20)21)8-2-4-11-22-23-12(13(16,17)18)24(11)6-8/h1-6H. The van der Waals surface area contributed by atoms with Crippen molar-refractivity contribution in [3.8, 4) is 16.9 Å². The second-order valence-corrected chi connectivity index (χ2v) is 5.27. The SMILES string of the molecule is FC(F)(F)Oc1ccc(-c2ccc3nnc(C(F)(F)F)n3c2)cc1Cl. The molecule has 1 aromatic carbocycles. The van der Waals surface area contributed by atoms with Gasteiger partial charge in [0.05, 0.1) is 5.02 Å². The molecule has 0 aliphatic rings. The molecule has 2 heterocycles. The molecule has 0 radical (unpaired) electrons. The van der Waals surface area contributed by atoms with Crippen molar-refractivity contribution < 1.29 is 31.1 Å². The first kappa shape index (κ1) is 17.3. The number of ether oxygens (including phenoxy) is 1. The van der Waals surface area contributed by atoms with Gasteiger partial charge in [0.25, 0.3) is 0 Å². The maximum atomic E-state index is 12.9. The molecule has 11 heteroatoms. The van der Waals surface area contributed by atoms with Gasteiger partial charge < -0.3 is 4.74 Å². The molecular weight excluding hydrogens is 376 g/mol. The number of nitrogens with zero attached hydrogens (tertiary/aromatic N) is 3. The van der Waals surface area contributed by atoms with Crippen molar-refractivity contribution in [2.24, 2.45) is 0 Å². The minimum atomic E-state index is -4.91. The Morgan fingerprint density at radius 3 is 2.20 bits per heavy atom. The monoisotopic (exact) mass is 381 g/mol. The maximum Gasteiger partial charge on any atom is 0.573 e. The van der Waals surface area contributed by atoms with Gasteiger partial charge in [-0.2, -0.15) is 13.2 Å². The normalized spacial score (nSPS) is 12.6. The summed E-state index contributed by atoms with van der Waals surface area (Å²) in [6.07, 6.45) is -8.50. The molecule has 3 rings (SSSR count). The number of pyridine rings is 1. The lowest BCUT2D eigenvalue weighted by atomic mass is 10.1. The predicted molar refractivity (Wildman–Crippen MR) is 75.1 cm³/mol. The van der Waals surface area contributed by atoms with Crippen LogP contribution in [0.2, 0.25) is 5.02 Å². The van der Waals surface area contributed by atoms with Crippen molar-refractivity contribution in [3.63, 3.8) is 0 Å². The van der Waals surface area contributed by atoms with E-state index in [0.29, 0.717) is 5.56 Å². The van der Waals surface area contributed by atoms with Crippen LogP contribution in [0.25, 0.3) is 16.8 Å². The maximum absolute atomic E-state index is 12.9. The van der Waals surface area contributed by atoms with Crippen LogP contribution in [0.1, 0.15) is 5.82 Å². The number of hydrogen-bond donors (Lipinski definition) is 0. The fraction of sp³-hybridized carbons (Fsp3) is 0.143. The Morgan fingerprint density at radius 2 is 1.60 bits per heavy atom. The van der Waals surface area contributed by atoms with Crippen LogP contribution in [0.5, 0.6) is 5.75 Å². The number of halogens is 7. The van der Waals surface area contributed by atoms with Crippen molar-refractivity contribution in [1.29, 1.82) is 0 Å². The Hall–Kier alpha value is -2.49. The molecule has 0 aliphatic carbocycles. The average molecular weight is 382 g/mol. The summed E-state index contributed by atoms with van der Waals surface area (Å²) in [7, 11) is 0. The summed E-state index contributed by atoms with van der Waals surface area (Å²) < 4.78 is 79.9. The van der Waals surface area contributed by atoms with E-state index in [1.54, 1.807) is 0 Å². The van der Waals surface area contributed by atoms with Crippen molar-refractivity contribution in [1.82, 2.24) is 14.6 Å². The number of benzene rings is 1. The molecule has 0 bridgehead atoms. The zero-order valence-electron chi connectivity index (χ0n) is 11.9. The van der Waals surface area contributed by atoms with E-state index in [1.807, 2.05) is 0 Å². The van der Waals surface area contributed by atoms with E-state index in [4.69, 9.17) is 11.6 Å². The first-order chi connectivity index (χ1) is 11.5. The molecule has 0 atom stereocenters. The third-order valence-corrected chi connectivity index (χ3v) is 3.44. The highest BCUT2D eigenvalue weighted by Crippen LogP contribution is 2.34. The van der Waals surface area contributed by atoms with Gasteiger partial charge in [-0.15, -0.1) is 23.4 Å². The second-order valence-electron chi connectivity index (χ2n) is 4.86. The fourth-order valence-corrected chi connectivity index (χ4v) is 2.36. The summed E-state index contributed by atoms with van der Waals surface area (Å²) in [5.41, 5.74) is 0.542. The predicted octanol–water partition coefficient (Wildman–Crippen LogP) is 4.97. The van der Waals surface area contributed by atoms with E-state index < -0.39 is 24.1 Å². The summed E-state index contributed by atoms with van der Waals surface area (Å²) in [5, 5.41) is 6.17. The minimum absolute atomic E-state index is 0.0285. The van der Waals surface area contributed by atoms with Crippen molar-refractivity contribution in [2.75, 3.05) is 0 Å². The highest BCUT2D eigenvalue weighted by Gasteiger charge is 2.37. The summed E-state index contributed by atoms with van der Waals surface area (Å²) in [5.74, 6) is -1.83. The van der Waals surface area contributed by atoms with Gasteiger partial charge in [-0.05, 0) is 35.4 Å². The number of aromatic nitrogens is 3. The number of alkyl halides is 6. The van der Waals surface area contributed by atoms with E-state index in [0.717, 1.165) is 22.7 Å². The van der Waals surface area contributed by atoms with Gasteiger partial charge in [0.1, 0.15) is 5.75 Å². The van der Waals surface area contributed by atoms with E-state index in [2.05, 4.69) is 14.9 Å². The average Bonchev–Trinajstić information content (AvgIpc) is 2.91. The van der Waals surface area contributed by atoms with E-state index in [1.165, 1.54) is 18.2 Å². The third kappa shape index (κ3) is 3.63. The first-order valence-corrected chi connectivity index (χ1v) is 6.90. The van der Waals surface area contributed by atoms with Crippen LogP contribution in [0.3, 0.4) is 0 Å². The molecule has 0 N–H and O–H groups in total. The largest absolute Gasteiger partial charge is 0.573 e. The van der Waals surface area contributed by atoms with Crippen LogP contribution in [-0.2, 0) is 6.18 Å². The van der Waals surface area contributed by atoms with E-state index in [9.17, 15) is 26.3 Å². The Bertz CT molecular complexity index is 934. The molecule has 0 amide bonds. The summed E-state index contributed by atoms with van der Waals surface area (Å²) >= 11 is 5.75. The Kier molecular flexibility index (Phi) is 4.02. The quantitative estimate of drug-likeness (QED) is 0.589. The number of hydrogen-bond acceptors (Lipinski definition) is 3. The number of fused-ring (bicyclic) bond motifs is 1. The van der Waals surface area contributed by atoms with E-state index >= 15 is 0 Å². The Balaban J connectivity index is 2.03. The number of rotatable bonds is 2. The molecule has 0 fully saturated rings. The molecule has 0 spiro atoms. The summed E-state index contributed by atoms with van der Waals surface area (Å²) in [6, 6.07) is 6.12. The second kappa shape index (κ2) is 5.80. The minimum Gasteiger partial charge on any atom is -0.404 e. The molecule has 25 heavy (non-hydrogen) atoms. The van der Waals surface area contributed by atoms with Gasteiger partial charge in [0, 0.05) is 6.20 Å². The van der Waals surface area contributed by atoms with Crippen molar-refractivity contribution in [3.05, 3.63) is 47.4 Å². The van der Waals surface area contributed by atoms with Crippen molar-refractivity contribution in [2.45, 2.75) is 12.5 Å². The topological polar surface area (TPSA) is 39.4 Å². The van der Waals surface area contributed by atoms with Crippen LogP contribution in [0.15, 0.2) is 36.5 Å². The molecule has 0 saturated heterocycles. The third-order valence-electron chi connectivity index (χ3n) is 3.15. The van der Waals surface area contributed by atoms with Gasteiger partial charge in [0.15, 0.2) is 5.65 Å². The lowest BCUT2D eigenvalue weighted by Crippen LogP contribution is -2.17. The van der Waals surface area contributed by atoms with Crippen LogP contribution in [0, 0.1) is 0 Å².